The van der Waals surface area contributed by atoms with Gasteiger partial charge in [-0.1, -0.05) is 0 Å². The molecule has 2 rings (SSSR count). The topological polar surface area (TPSA) is 97.7 Å². The third-order valence-electron chi connectivity index (χ3n) is 2.25. The molecule has 0 spiro atoms. The lowest BCUT2D eigenvalue weighted by Crippen LogP contribution is -2.13. The van der Waals surface area contributed by atoms with Gasteiger partial charge in [-0.2, -0.15) is 15.0 Å². The summed E-state index contributed by atoms with van der Waals surface area (Å²) in [7, 11) is 1.74. The molecule has 2 aromatic rings. The Morgan fingerprint density at radius 1 is 1.20 bits per heavy atom. The third kappa shape index (κ3) is 4.01. The summed E-state index contributed by atoms with van der Waals surface area (Å²) < 4.78 is 5.48. The van der Waals surface area contributed by atoms with Gasteiger partial charge in [0.2, 0.25) is 11.9 Å². The predicted molar refractivity (Wildman–Crippen MR) is 74.5 cm³/mol. The van der Waals surface area contributed by atoms with Crippen LogP contribution in [-0.2, 0) is 6.54 Å². The maximum atomic E-state index is 5.48. The molecule has 2 N–H and O–H groups in total. The highest BCUT2D eigenvalue weighted by molar-refractivity contribution is 5.35. The van der Waals surface area contributed by atoms with Crippen molar-refractivity contribution in [1.82, 2.24) is 24.9 Å². The van der Waals surface area contributed by atoms with Crippen LogP contribution >= 0.6 is 0 Å². The number of nitrogens with one attached hydrogen (secondary N) is 2. The predicted octanol–water partition coefficient (Wildman–Crippen LogP) is 1.10. The van der Waals surface area contributed by atoms with Crippen molar-refractivity contribution in [3.63, 3.8) is 0 Å². The van der Waals surface area contributed by atoms with Gasteiger partial charge in [0.25, 0.3) is 0 Å². The third-order valence-corrected chi connectivity index (χ3v) is 2.25. The van der Waals surface area contributed by atoms with Crippen LogP contribution in [0.3, 0.4) is 0 Å². The van der Waals surface area contributed by atoms with Gasteiger partial charge in [0, 0.05) is 13.2 Å². The molecule has 0 saturated carbocycles. The second-order valence-electron chi connectivity index (χ2n) is 4.24. The number of aromatic nitrogens is 5. The van der Waals surface area contributed by atoms with Crippen molar-refractivity contribution in [3.05, 3.63) is 24.3 Å². The molecule has 20 heavy (non-hydrogen) atoms. The van der Waals surface area contributed by atoms with E-state index < -0.39 is 0 Å². The van der Waals surface area contributed by atoms with Crippen LogP contribution in [0.5, 0.6) is 6.01 Å². The summed E-state index contributed by atoms with van der Waals surface area (Å²) in [4.78, 5) is 20.5. The first-order valence-electron chi connectivity index (χ1n) is 6.26. The molecule has 0 saturated heterocycles. The maximum absolute atomic E-state index is 5.48. The highest BCUT2D eigenvalue weighted by Gasteiger charge is 2.08. The van der Waals surface area contributed by atoms with E-state index in [1.54, 1.807) is 13.2 Å². The molecule has 2 heterocycles. The minimum atomic E-state index is -0.00294. The van der Waals surface area contributed by atoms with Crippen LogP contribution in [0.15, 0.2) is 18.6 Å². The van der Waals surface area contributed by atoms with Crippen molar-refractivity contribution in [1.29, 1.82) is 0 Å². The van der Waals surface area contributed by atoms with E-state index in [-0.39, 0.29) is 12.1 Å². The van der Waals surface area contributed by atoms with Crippen LogP contribution in [0.25, 0.3) is 0 Å². The van der Waals surface area contributed by atoms with E-state index >= 15 is 0 Å². The molecule has 0 fully saturated rings. The summed E-state index contributed by atoms with van der Waals surface area (Å²) in [5, 5.41) is 5.95. The second kappa shape index (κ2) is 6.60. The molecule has 2 aromatic heterocycles. The summed E-state index contributed by atoms with van der Waals surface area (Å²) in [5.41, 5.74) is 0.845. The zero-order valence-corrected chi connectivity index (χ0v) is 11.7. The van der Waals surface area contributed by atoms with Crippen molar-refractivity contribution < 1.29 is 4.74 Å². The fourth-order valence-corrected chi connectivity index (χ4v) is 1.40. The van der Waals surface area contributed by atoms with Gasteiger partial charge in [-0.15, -0.1) is 0 Å². The van der Waals surface area contributed by atoms with E-state index in [9.17, 15) is 0 Å². The standard InChI is InChI=1S/C12H17N7O/c1-8(2)20-12-18-10(13-3)17-11(19-12)15-6-9-4-5-14-7-16-9/h4-5,7-8H,6H2,1-3H3,(H2,13,15,17,18,19). The number of hydrogen-bond acceptors (Lipinski definition) is 8. The fraction of sp³-hybridized carbons (Fsp3) is 0.417. The normalized spacial score (nSPS) is 10.4. The minimum Gasteiger partial charge on any atom is -0.461 e. The minimum absolute atomic E-state index is 0.00294. The lowest BCUT2D eigenvalue weighted by molar-refractivity contribution is 0.222. The van der Waals surface area contributed by atoms with Crippen LogP contribution in [0.4, 0.5) is 11.9 Å². The highest BCUT2D eigenvalue weighted by atomic mass is 16.5. The molecular weight excluding hydrogens is 258 g/mol. The Hall–Kier alpha value is -2.51. The molecule has 0 aliphatic carbocycles. The van der Waals surface area contributed by atoms with Crippen LogP contribution in [0.1, 0.15) is 19.5 Å². The molecule has 0 atom stereocenters. The molecule has 0 radical (unpaired) electrons. The molecule has 0 bridgehead atoms. The van der Waals surface area contributed by atoms with Gasteiger partial charge in [-0.05, 0) is 19.9 Å². The summed E-state index contributed by atoms with van der Waals surface area (Å²) >= 11 is 0. The first kappa shape index (κ1) is 13.9. The van der Waals surface area contributed by atoms with Crippen LogP contribution in [0.2, 0.25) is 0 Å². The summed E-state index contributed by atoms with van der Waals surface area (Å²) in [6, 6.07) is 2.10. The van der Waals surface area contributed by atoms with Crippen molar-refractivity contribution in [2.45, 2.75) is 26.5 Å². The van der Waals surface area contributed by atoms with E-state index in [4.69, 9.17) is 4.74 Å². The zero-order chi connectivity index (χ0) is 14.4. The molecule has 0 aromatic carbocycles. The van der Waals surface area contributed by atoms with Crippen molar-refractivity contribution >= 4 is 11.9 Å². The quantitative estimate of drug-likeness (QED) is 0.808. The van der Waals surface area contributed by atoms with Gasteiger partial charge in [0.05, 0.1) is 18.3 Å². The average molecular weight is 275 g/mol. The first-order chi connectivity index (χ1) is 9.67. The summed E-state index contributed by atoms with van der Waals surface area (Å²) in [5.74, 6) is 0.874. The van der Waals surface area contributed by atoms with Crippen LogP contribution < -0.4 is 15.4 Å². The Balaban J connectivity index is 2.10. The molecule has 0 amide bonds. The number of rotatable bonds is 6. The van der Waals surface area contributed by atoms with E-state index in [0.29, 0.717) is 18.4 Å². The first-order valence-corrected chi connectivity index (χ1v) is 6.26. The van der Waals surface area contributed by atoms with E-state index in [0.717, 1.165) is 5.69 Å². The Morgan fingerprint density at radius 3 is 2.65 bits per heavy atom. The van der Waals surface area contributed by atoms with E-state index in [1.807, 2.05) is 19.9 Å². The molecule has 0 unspecified atom stereocenters. The Morgan fingerprint density at radius 2 is 2.00 bits per heavy atom. The van der Waals surface area contributed by atoms with Gasteiger partial charge in [-0.25, -0.2) is 9.97 Å². The average Bonchev–Trinajstić information content (AvgIpc) is 2.45. The molecule has 8 nitrogen and oxygen atoms in total. The van der Waals surface area contributed by atoms with Crippen molar-refractivity contribution in [3.8, 4) is 6.01 Å². The number of hydrogen-bond donors (Lipinski definition) is 2. The monoisotopic (exact) mass is 275 g/mol. The Kier molecular flexibility index (Phi) is 4.59. The van der Waals surface area contributed by atoms with Gasteiger partial charge in [0.1, 0.15) is 6.33 Å². The van der Waals surface area contributed by atoms with Crippen LogP contribution in [-0.4, -0.2) is 38.1 Å². The molecular formula is C12H17N7O. The van der Waals surface area contributed by atoms with Crippen LogP contribution in [0, 0.1) is 0 Å². The van der Waals surface area contributed by atoms with E-state index in [1.165, 1.54) is 6.33 Å². The summed E-state index contributed by atoms with van der Waals surface area (Å²) in [6.45, 7) is 4.32. The Bertz CT molecular complexity index is 547. The van der Waals surface area contributed by atoms with Gasteiger partial charge < -0.3 is 15.4 Å². The lowest BCUT2D eigenvalue weighted by Gasteiger charge is -2.10. The van der Waals surface area contributed by atoms with Gasteiger partial charge >= 0.3 is 6.01 Å². The van der Waals surface area contributed by atoms with Crippen molar-refractivity contribution in [2.24, 2.45) is 0 Å². The van der Waals surface area contributed by atoms with E-state index in [2.05, 4.69) is 35.6 Å². The molecule has 106 valence electrons. The molecule has 0 aliphatic heterocycles. The SMILES string of the molecule is CNc1nc(NCc2ccncn2)nc(OC(C)C)n1. The highest BCUT2D eigenvalue weighted by Crippen LogP contribution is 2.12. The smallest absolute Gasteiger partial charge is 0.323 e. The second-order valence-corrected chi connectivity index (χ2v) is 4.24. The maximum Gasteiger partial charge on any atom is 0.323 e. The Labute approximate surface area is 117 Å². The fourth-order valence-electron chi connectivity index (χ4n) is 1.40. The summed E-state index contributed by atoms with van der Waals surface area (Å²) in [6.07, 6.45) is 3.18. The number of nitrogens with zero attached hydrogens (tertiary/aromatic N) is 5. The molecule has 8 heteroatoms. The number of anilines is 2. The van der Waals surface area contributed by atoms with Gasteiger partial charge in [0.15, 0.2) is 0 Å². The lowest BCUT2D eigenvalue weighted by atomic mass is 10.4. The zero-order valence-electron chi connectivity index (χ0n) is 11.7. The largest absolute Gasteiger partial charge is 0.461 e. The van der Waals surface area contributed by atoms with Crippen molar-refractivity contribution in [2.75, 3.05) is 17.7 Å². The van der Waals surface area contributed by atoms with Gasteiger partial charge in [-0.3, -0.25) is 0 Å². The molecule has 0 aliphatic rings. The number of ether oxygens (including phenoxy) is 1.